The smallest absolute Gasteiger partial charge is 0.255 e. The lowest BCUT2D eigenvalue weighted by Crippen LogP contribution is -2.36. The number of ether oxygens (including phenoxy) is 1. The average molecular weight is 409 g/mol. The van der Waals surface area contributed by atoms with Crippen LogP contribution in [-0.2, 0) is 0 Å². The molecule has 0 aromatic carbocycles. The molecule has 1 aliphatic carbocycles. The number of aromatic nitrogens is 2. The largest absolute Gasteiger partial charge is 0.488 e. The molecule has 8 heteroatoms. The molecule has 0 saturated heterocycles. The quantitative estimate of drug-likeness (QED) is 0.838. The Morgan fingerprint density at radius 3 is 2.77 bits per heavy atom. The van der Waals surface area contributed by atoms with Crippen molar-refractivity contribution in [1.82, 2.24) is 14.5 Å². The number of nitrogens with one attached hydrogen (secondary N) is 1. The molecule has 8 nitrogen and oxygen atoms in total. The molecule has 0 atom stereocenters. The van der Waals surface area contributed by atoms with E-state index in [1.807, 2.05) is 16.8 Å². The first-order valence-electron chi connectivity index (χ1n) is 10.5. The van der Waals surface area contributed by atoms with Crippen LogP contribution in [0.5, 0.6) is 5.75 Å². The van der Waals surface area contributed by atoms with Crippen LogP contribution in [0, 0.1) is 5.41 Å². The minimum atomic E-state index is -0.124. The molecule has 0 unspecified atom stereocenters. The van der Waals surface area contributed by atoms with E-state index in [-0.39, 0.29) is 17.3 Å². The zero-order valence-electron chi connectivity index (χ0n) is 17.4. The van der Waals surface area contributed by atoms with Gasteiger partial charge >= 0.3 is 0 Å². The molecule has 1 saturated carbocycles. The second kappa shape index (κ2) is 8.30. The first kappa shape index (κ1) is 20.1. The van der Waals surface area contributed by atoms with Gasteiger partial charge in [-0.15, -0.1) is 0 Å². The zero-order valence-corrected chi connectivity index (χ0v) is 17.4. The topological polar surface area (TPSA) is 91.5 Å². The van der Waals surface area contributed by atoms with Crippen LogP contribution >= 0.6 is 0 Å². The molecule has 4 rings (SSSR count). The molecule has 158 valence electrons. The fourth-order valence-electron chi connectivity index (χ4n) is 4.17. The Balaban J connectivity index is 1.61. The summed E-state index contributed by atoms with van der Waals surface area (Å²) in [5.74, 6) is 1.01. The van der Waals surface area contributed by atoms with E-state index in [0.29, 0.717) is 42.7 Å². The summed E-state index contributed by atoms with van der Waals surface area (Å²) in [6.45, 7) is 2.79. The van der Waals surface area contributed by atoms with Crippen LogP contribution < -0.4 is 15.1 Å². The van der Waals surface area contributed by atoms with Crippen molar-refractivity contribution in [2.45, 2.75) is 45.1 Å². The highest BCUT2D eigenvalue weighted by atomic mass is 16.5. The van der Waals surface area contributed by atoms with Crippen LogP contribution in [0.3, 0.4) is 0 Å². The third-order valence-corrected chi connectivity index (χ3v) is 5.92. The monoisotopic (exact) mass is 409 g/mol. The van der Waals surface area contributed by atoms with Gasteiger partial charge in [-0.25, -0.2) is 4.98 Å². The van der Waals surface area contributed by atoms with Crippen molar-refractivity contribution in [3.8, 4) is 5.75 Å². The first-order valence-corrected chi connectivity index (χ1v) is 10.5. The fourth-order valence-corrected chi connectivity index (χ4v) is 4.17. The predicted molar refractivity (Wildman–Crippen MR) is 112 cm³/mol. The van der Waals surface area contributed by atoms with Gasteiger partial charge in [0.15, 0.2) is 11.6 Å². The second-order valence-corrected chi connectivity index (χ2v) is 7.79. The van der Waals surface area contributed by atoms with Crippen molar-refractivity contribution >= 4 is 23.3 Å². The van der Waals surface area contributed by atoms with Crippen molar-refractivity contribution in [3.05, 3.63) is 41.6 Å². The van der Waals surface area contributed by atoms with Gasteiger partial charge in [-0.3, -0.25) is 19.6 Å². The van der Waals surface area contributed by atoms with E-state index in [4.69, 9.17) is 10.1 Å². The van der Waals surface area contributed by atoms with Crippen molar-refractivity contribution in [2.24, 2.45) is 0 Å². The Morgan fingerprint density at radius 1 is 1.30 bits per heavy atom. The molecular formula is C22H27N5O3. The first-order chi connectivity index (χ1) is 14.5. The maximum absolute atomic E-state index is 12.9. The molecule has 1 N–H and O–H groups in total. The highest BCUT2D eigenvalue weighted by Crippen LogP contribution is 2.35. The van der Waals surface area contributed by atoms with E-state index < -0.39 is 0 Å². The summed E-state index contributed by atoms with van der Waals surface area (Å²) < 4.78 is 7.13. The minimum absolute atomic E-state index is 0.0369. The summed E-state index contributed by atoms with van der Waals surface area (Å²) in [5.41, 5.74) is 1.40. The van der Waals surface area contributed by atoms with Crippen molar-refractivity contribution in [2.75, 3.05) is 25.1 Å². The Kier molecular flexibility index (Phi) is 5.57. The Morgan fingerprint density at radius 2 is 2.07 bits per heavy atom. The number of carbonyl (C=O) groups excluding carboxylic acids is 2. The van der Waals surface area contributed by atoms with Gasteiger partial charge < -0.3 is 14.5 Å². The van der Waals surface area contributed by atoms with E-state index in [1.54, 1.807) is 37.5 Å². The lowest BCUT2D eigenvalue weighted by molar-refractivity contribution is 0.0734. The lowest BCUT2D eigenvalue weighted by Gasteiger charge is -2.31. The number of pyridine rings is 2. The van der Waals surface area contributed by atoms with Crippen molar-refractivity contribution in [3.63, 3.8) is 0 Å². The highest BCUT2D eigenvalue weighted by Gasteiger charge is 2.27. The number of hydrogen-bond acceptors (Lipinski definition) is 6. The summed E-state index contributed by atoms with van der Waals surface area (Å²) in [5, 5.41) is 8.18. The molecule has 1 fully saturated rings. The predicted octanol–water partition coefficient (Wildman–Crippen LogP) is 2.96. The molecule has 2 aromatic heterocycles. The Bertz CT molecular complexity index is 1030. The van der Waals surface area contributed by atoms with Crippen LogP contribution in [0.2, 0.25) is 0 Å². The van der Waals surface area contributed by atoms with Crippen LogP contribution in [-0.4, -0.2) is 52.5 Å². The highest BCUT2D eigenvalue weighted by molar-refractivity contribution is 5.95. The SMILES string of the molecule is CCC(=O)n1ccc(N2CCOc3cc(C(=O)N(C)C4CCCC4)cnc32)cc1=N. The zero-order chi connectivity index (χ0) is 21.3. The van der Waals surface area contributed by atoms with Crippen LogP contribution in [0.4, 0.5) is 11.5 Å². The molecule has 3 heterocycles. The second-order valence-electron chi connectivity index (χ2n) is 7.79. The molecule has 0 spiro atoms. The fraction of sp³-hybridized carbons (Fsp3) is 0.455. The summed E-state index contributed by atoms with van der Waals surface area (Å²) in [6.07, 6.45) is 7.99. The summed E-state index contributed by atoms with van der Waals surface area (Å²) in [6, 6.07) is 5.50. The van der Waals surface area contributed by atoms with Gasteiger partial charge in [0.05, 0.1) is 12.1 Å². The maximum atomic E-state index is 12.9. The third-order valence-electron chi connectivity index (χ3n) is 5.92. The number of amides is 1. The summed E-state index contributed by atoms with van der Waals surface area (Å²) in [7, 11) is 1.86. The lowest BCUT2D eigenvalue weighted by atomic mass is 10.1. The number of rotatable bonds is 4. The number of hydrogen-bond donors (Lipinski definition) is 1. The van der Waals surface area contributed by atoms with Crippen molar-refractivity contribution in [1.29, 1.82) is 5.41 Å². The molecule has 0 bridgehead atoms. The minimum Gasteiger partial charge on any atom is -0.488 e. The van der Waals surface area contributed by atoms with E-state index in [2.05, 4.69) is 4.98 Å². The van der Waals surface area contributed by atoms with Gasteiger partial charge in [-0.1, -0.05) is 19.8 Å². The van der Waals surface area contributed by atoms with Crippen LogP contribution in [0.15, 0.2) is 30.6 Å². The molecule has 2 aliphatic rings. The van der Waals surface area contributed by atoms with E-state index in [0.717, 1.165) is 18.5 Å². The average Bonchev–Trinajstić information content (AvgIpc) is 3.31. The van der Waals surface area contributed by atoms with E-state index >= 15 is 0 Å². The van der Waals surface area contributed by atoms with Crippen LogP contribution in [0.1, 0.15) is 54.2 Å². The van der Waals surface area contributed by atoms with Gasteiger partial charge in [-0.2, -0.15) is 0 Å². The summed E-state index contributed by atoms with van der Waals surface area (Å²) >= 11 is 0. The molecule has 2 aromatic rings. The van der Waals surface area contributed by atoms with Gasteiger partial charge in [0, 0.05) is 43.7 Å². The van der Waals surface area contributed by atoms with Crippen molar-refractivity contribution < 1.29 is 14.3 Å². The third kappa shape index (κ3) is 3.69. The number of nitrogens with zero attached hydrogens (tertiary/aromatic N) is 4. The molecular weight excluding hydrogens is 382 g/mol. The Hall–Kier alpha value is -3.16. The molecule has 0 radical (unpaired) electrons. The van der Waals surface area contributed by atoms with Gasteiger partial charge in [0.2, 0.25) is 5.91 Å². The molecule has 1 amide bonds. The Labute approximate surface area is 175 Å². The molecule has 1 aliphatic heterocycles. The van der Waals surface area contributed by atoms with E-state index in [9.17, 15) is 9.59 Å². The normalized spacial score (nSPS) is 16.1. The van der Waals surface area contributed by atoms with Gasteiger partial charge in [-0.05, 0) is 25.0 Å². The number of carbonyl (C=O) groups is 2. The standard InChI is InChI=1S/C22H27N5O3/c1-3-20(28)27-9-8-17(13-19(27)23)26-10-11-30-18-12-15(14-24-21(18)26)22(29)25(2)16-6-4-5-7-16/h8-9,12-14,16,23H,3-7,10-11H2,1-2H3. The van der Waals surface area contributed by atoms with E-state index in [1.165, 1.54) is 17.4 Å². The summed E-state index contributed by atoms with van der Waals surface area (Å²) in [4.78, 5) is 33.1. The maximum Gasteiger partial charge on any atom is 0.255 e. The van der Waals surface area contributed by atoms with Gasteiger partial charge in [0.25, 0.3) is 5.91 Å². The number of anilines is 2. The van der Waals surface area contributed by atoms with Crippen LogP contribution in [0.25, 0.3) is 0 Å². The molecule has 30 heavy (non-hydrogen) atoms. The number of fused-ring (bicyclic) bond motifs is 1. The van der Waals surface area contributed by atoms with Gasteiger partial charge in [0.1, 0.15) is 12.1 Å².